The molecular formula is C14H14FN5. The highest BCUT2D eigenvalue weighted by Crippen LogP contribution is 2.30. The average Bonchev–Trinajstić information content (AvgIpc) is 2.75. The molecule has 1 aromatic carbocycles. The van der Waals surface area contributed by atoms with Gasteiger partial charge in [0.1, 0.15) is 11.6 Å². The Morgan fingerprint density at radius 1 is 1.25 bits per heavy atom. The molecule has 5 nitrogen and oxygen atoms in total. The number of anilines is 1. The van der Waals surface area contributed by atoms with Gasteiger partial charge in [-0.1, -0.05) is 18.2 Å². The van der Waals surface area contributed by atoms with Crippen LogP contribution < -0.4 is 11.3 Å². The van der Waals surface area contributed by atoms with Gasteiger partial charge in [0, 0.05) is 17.3 Å². The first-order chi connectivity index (χ1) is 9.61. The van der Waals surface area contributed by atoms with Crippen LogP contribution in [0.25, 0.3) is 16.8 Å². The summed E-state index contributed by atoms with van der Waals surface area (Å²) in [5, 5.41) is 4.39. The van der Waals surface area contributed by atoms with Crippen LogP contribution in [0.4, 0.5) is 10.2 Å². The number of aromatic nitrogens is 3. The smallest absolute Gasteiger partial charge is 0.165 e. The highest BCUT2D eigenvalue weighted by Gasteiger charge is 2.17. The van der Waals surface area contributed by atoms with Crippen molar-refractivity contribution in [1.29, 1.82) is 0 Å². The number of rotatable bonds is 2. The Kier molecular flexibility index (Phi) is 2.87. The van der Waals surface area contributed by atoms with Crippen LogP contribution in [-0.4, -0.2) is 14.6 Å². The minimum atomic E-state index is -0.295. The van der Waals surface area contributed by atoms with Gasteiger partial charge in [-0.15, -0.1) is 0 Å². The first-order valence-corrected chi connectivity index (χ1v) is 6.20. The van der Waals surface area contributed by atoms with Gasteiger partial charge in [-0.05, 0) is 19.9 Å². The minimum absolute atomic E-state index is 0.295. The van der Waals surface area contributed by atoms with Crippen molar-refractivity contribution in [3.05, 3.63) is 47.5 Å². The molecule has 3 N–H and O–H groups in total. The van der Waals surface area contributed by atoms with E-state index in [4.69, 9.17) is 5.84 Å². The van der Waals surface area contributed by atoms with Crippen LogP contribution in [0.15, 0.2) is 30.3 Å². The summed E-state index contributed by atoms with van der Waals surface area (Å²) >= 11 is 0. The van der Waals surface area contributed by atoms with Crippen LogP contribution in [0, 0.1) is 19.7 Å². The zero-order chi connectivity index (χ0) is 14.3. The summed E-state index contributed by atoms with van der Waals surface area (Å²) in [6, 6.07) is 8.38. The summed E-state index contributed by atoms with van der Waals surface area (Å²) in [5.74, 6) is 5.81. The van der Waals surface area contributed by atoms with Crippen molar-refractivity contribution in [2.75, 3.05) is 5.43 Å². The second kappa shape index (κ2) is 4.57. The predicted molar refractivity (Wildman–Crippen MR) is 75.7 cm³/mol. The lowest BCUT2D eigenvalue weighted by atomic mass is 10.1. The first-order valence-electron chi connectivity index (χ1n) is 6.20. The summed E-state index contributed by atoms with van der Waals surface area (Å²) < 4.78 is 15.6. The lowest BCUT2D eigenvalue weighted by molar-refractivity contribution is 0.631. The number of nitrogens with two attached hydrogens (primary N) is 1. The fourth-order valence-electron chi connectivity index (χ4n) is 2.33. The molecule has 0 atom stereocenters. The van der Waals surface area contributed by atoms with Gasteiger partial charge in [0.05, 0.1) is 11.3 Å². The minimum Gasteiger partial charge on any atom is -0.308 e. The second-order valence-corrected chi connectivity index (χ2v) is 4.60. The Balaban J connectivity index is 2.40. The molecule has 0 aliphatic heterocycles. The number of halogens is 1. The Bertz CT molecular complexity index is 794. The van der Waals surface area contributed by atoms with E-state index in [0.717, 1.165) is 5.69 Å². The van der Waals surface area contributed by atoms with Gasteiger partial charge < -0.3 is 5.43 Å². The van der Waals surface area contributed by atoms with Crippen molar-refractivity contribution < 1.29 is 4.39 Å². The molecule has 0 spiro atoms. The van der Waals surface area contributed by atoms with Crippen LogP contribution in [0.2, 0.25) is 0 Å². The maximum absolute atomic E-state index is 14.0. The number of hydrogen-bond acceptors (Lipinski definition) is 4. The summed E-state index contributed by atoms with van der Waals surface area (Å²) in [6.07, 6.45) is 0. The number of benzene rings is 1. The Morgan fingerprint density at radius 3 is 2.70 bits per heavy atom. The molecule has 0 bridgehead atoms. The highest BCUT2D eigenvalue weighted by molar-refractivity contribution is 5.81. The van der Waals surface area contributed by atoms with Crippen molar-refractivity contribution in [1.82, 2.24) is 14.6 Å². The quantitative estimate of drug-likeness (QED) is 0.555. The Labute approximate surface area is 115 Å². The van der Waals surface area contributed by atoms with Gasteiger partial charge in [0.15, 0.2) is 5.65 Å². The molecule has 0 fully saturated rings. The zero-order valence-electron chi connectivity index (χ0n) is 11.2. The molecule has 0 saturated carbocycles. The molecule has 3 rings (SSSR count). The maximum Gasteiger partial charge on any atom is 0.165 e. The fraction of sp³-hybridized carbons (Fsp3) is 0.143. The van der Waals surface area contributed by atoms with Crippen molar-refractivity contribution in [2.24, 2.45) is 5.84 Å². The second-order valence-electron chi connectivity index (χ2n) is 4.60. The third-order valence-electron chi connectivity index (χ3n) is 3.18. The molecule has 0 unspecified atom stereocenters. The number of nitrogens with zero attached hydrogens (tertiary/aromatic N) is 3. The van der Waals surface area contributed by atoms with E-state index in [1.807, 2.05) is 13.8 Å². The summed E-state index contributed by atoms with van der Waals surface area (Å²) in [7, 11) is 0. The van der Waals surface area contributed by atoms with E-state index in [0.29, 0.717) is 28.3 Å². The maximum atomic E-state index is 14.0. The molecule has 0 radical (unpaired) electrons. The molecule has 0 saturated heterocycles. The molecule has 0 aliphatic carbocycles. The Morgan fingerprint density at radius 2 is 2.00 bits per heavy atom. The third-order valence-corrected chi connectivity index (χ3v) is 3.18. The van der Waals surface area contributed by atoms with Gasteiger partial charge in [-0.25, -0.2) is 15.2 Å². The van der Waals surface area contributed by atoms with Crippen LogP contribution in [0.1, 0.15) is 11.4 Å². The van der Waals surface area contributed by atoms with E-state index < -0.39 is 0 Å². The zero-order valence-corrected chi connectivity index (χ0v) is 11.2. The number of hydrogen-bond donors (Lipinski definition) is 2. The van der Waals surface area contributed by atoms with Crippen molar-refractivity contribution in [2.45, 2.75) is 13.8 Å². The van der Waals surface area contributed by atoms with E-state index >= 15 is 0 Å². The molecule has 0 aliphatic rings. The number of nitrogens with one attached hydrogen (secondary N) is 1. The third kappa shape index (κ3) is 1.81. The number of aryl methyl sites for hydroxylation is 2. The highest BCUT2D eigenvalue weighted by atomic mass is 19.1. The predicted octanol–water partition coefficient (Wildman–Crippen LogP) is 2.44. The SMILES string of the molecule is Cc1cc(NN)n2nc(C)c(-c3ccccc3F)c2n1. The molecular weight excluding hydrogens is 257 g/mol. The van der Waals surface area contributed by atoms with Crippen LogP contribution in [-0.2, 0) is 0 Å². The number of nitrogen functional groups attached to an aromatic ring is 1. The van der Waals surface area contributed by atoms with Gasteiger partial charge in [-0.3, -0.25) is 0 Å². The van der Waals surface area contributed by atoms with E-state index in [9.17, 15) is 4.39 Å². The average molecular weight is 271 g/mol. The van der Waals surface area contributed by atoms with Crippen LogP contribution in [0.3, 0.4) is 0 Å². The summed E-state index contributed by atoms with van der Waals surface area (Å²) in [6.45, 7) is 3.68. The molecule has 20 heavy (non-hydrogen) atoms. The van der Waals surface area contributed by atoms with E-state index in [-0.39, 0.29) is 5.82 Å². The molecule has 6 heteroatoms. The van der Waals surface area contributed by atoms with Gasteiger partial charge in [-0.2, -0.15) is 9.61 Å². The van der Waals surface area contributed by atoms with E-state index in [2.05, 4.69) is 15.5 Å². The summed E-state index contributed by atoms with van der Waals surface area (Å²) in [5.41, 5.74) is 5.82. The normalized spacial score (nSPS) is 11.0. The number of hydrazine groups is 1. The van der Waals surface area contributed by atoms with Crippen molar-refractivity contribution in [3.63, 3.8) is 0 Å². The van der Waals surface area contributed by atoms with Gasteiger partial charge >= 0.3 is 0 Å². The Hall–Kier alpha value is -2.47. The molecule has 3 aromatic rings. The van der Waals surface area contributed by atoms with E-state index in [1.165, 1.54) is 6.07 Å². The van der Waals surface area contributed by atoms with Crippen molar-refractivity contribution in [3.8, 4) is 11.1 Å². The van der Waals surface area contributed by atoms with Gasteiger partial charge in [0.2, 0.25) is 0 Å². The van der Waals surface area contributed by atoms with E-state index in [1.54, 1.807) is 28.8 Å². The van der Waals surface area contributed by atoms with Gasteiger partial charge in [0.25, 0.3) is 0 Å². The standard InChI is InChI=1S/C14H14FN5/c1-8-7-12(18-16)20-14(17-8)13(9(2)19-20)10-5-3-4-6-11(10)15/h3-7,18H,16H2,1-2H3. The van der Waals surface area contributed by atoms with Crippen LogP contribution in [0.5, 0.6) is 0 Å². The topological polar surface area (TPSA) is 68.2 Å². The molecule has 2 aromatic heterocycles. The van der Waals surface area contributed by atoms with Crippen molar-refractivity contribution >= 4 is 11.5 Å². The molecule has 2 heterocycles. The largest absolute Gasteiger partial charge is 0.308 e. The number of fused-ring (bicyclic) bond motifs is 1. The lowest BCUT2D eigenvalue weighted by Crippen LogP contribution is -2.12. The lowest BCUT2D eigenvalue weighted by Gasteiger charge is -2.06. The monoisotopic (exact) mass is 271 g/mol. The molecule has 0 amide bonds. The first kappa shape index (κ1) is 12.6. The molecule has 102 valence electrons. The summed E-state index contributed by atoms with van der Waals surface area (Å²) in [4.78, 5) is 4.46. The fourth-order valence-corrected chi connectivity index (χ4v) is 2.33. The van der Waals surface area contributed by atoms with Crippen LogP contribution >= 0.6 is 0 Å².